The van der Waals surface area contributed by atoms with Crippen molar-refractivity contribution in [3.05, 3.63) is 23.3 Å². The molecule has 16 heavy (non-hydrogen) atoms. The highest BCUT2D eigenvalue weighted by molar-refractivity contribution is 5.47. The van der Waals surface area contributed by atoms with E-state index in [0.29, 0.717) is 18.9 Å². The molecule has 0 heterocycles. The molecule has 1 aliphatic carbocycles. The Morgan fingerprint density at radius 2 is 1.69 bits per heavy atom. The molecule has 88 valence electrons. The minimum atomic E-state index is -1.02. The monoisotopic (exact) mass is 229 g/mol. The lowest BCUT2D eigenvalue weighted by Gasteiger charge is -2.22. The zero-order valence-corrected chi connectivity index (χ0v) is 8.80. The van der Waals surface area contributed by atoms with Gasteiger partial charge in [-0.25, -0.2) is 8.78 Å². The standard InChI is InChI=1S/C11H13F2NO2/c1-5(14)11(2-3-11)8-9(12)6(15)4-7(16)10(8)13/h4-5,15-16H,2-3,14H2,1H3. The lowest BCUT2D eigenvalue weighted by molar-refractivity contribution is 0.375. The molecule has 0 bridgehead atoms. The van der Waals surface area contributed by atoms with E-state index in [1.807, 2.05) is 0 Å². The van der Waals surface area contributed by atoms with Gasteiger partial charge in [-0.05, 0) is 19.8 Å². The fourth-order valence-corrected chi connectivity index (χ4v) is 2.11. The fraction of sp³-hybridized carbons (Fsp3) is 0.455. The van der Waals surface area contributed by atoms with Crippen molar-refractivity contribution in [1.82, 2.24) is 0 Å². The van der Waals surface area contributed by atoms with Crippen molar-refractivity contribution >= 4 is 0 Å². The van der Waals surface area contributed by atoms with Gasteiger partial charge < -0.3 is 15.9 Å². The van der Waals surface area contributed by atoms with Gasteiger partial charge in [0.2, 0.25) is 0 Å². The Hall–Kier alpha value is -1.36. The van der Waals surface area contributed by atoms with E-state index in [0.717, 1.165) is 0 Å². The highest BCUT2D eigenvalue weighted by atomic mass is 19.1. The number of phenols is 2. The van der Waals surface area contributed by atoms with E-state index in [2.05, 4.69) is 0 Å². The summed E-state index contributed by atoms with van der Waals surface area (Å²) in [5, 5.41) is 18.5. The number of phenolic OH excluding ortho intramolecular Hbond substituents is 2. The van der Waals surface area contributed by atoms with Crippen LogP contribution in [-0.2, 0) is 5.41 Å². The van der Waals surface area contributed by atoms with Crippen LogP contribution in [0.25, 0.3) is 0 Å². The molecule has 5 heteroatoms. The highest BCUT2D eigenvalue weighted by Crippen LogP contribution is 2.53. The molecule has 0 aromatic heterocycles. The predicted octanol–water partition coefficient (Wildman–Crippen LogP) is 1.75. The van der Waals surface area contributed by atoms with E-state index < -0.39 is 34.6 Å². The summed E-state index contributed by atoms with van der Waals surface area (Å²) >= 11 is 0. The van der Waals surface area contributed by atoms with Gasteiger partial charge in [-0.1, -0.05) is 0 Å². The van der Waals surface area contributed by atoms with Crippen LogP contribution < -0.4 is 5.73 Å². The summed E-state index contributed by atoms with van der Waals surface area (Å²) in [6.45, 7) is 1.66. The molecule has 1 aromatic rings. The molecule has 0 radical (unpaired) electrons. The molecule has 1 unspecified atom stereocenters. The van der Waals surface area contributed by atoms with E-state index in [1.165, 1.54) is 0 Å². The smallest absolute Gasteiger partial charge is 0.171 e. The quantitative estimate of drug-likeness (QED) is 0.723. The number of hydrogen-bond donors (Lipinski definition) is 3. The van der Waals surface area contributed by atoms with Crippen LogP contribution in [0.15, 0.2) is 6.07 Å². The Morgan fingerprint density at radius 3 is 2.00 bits per heavy atom. The number of benzene rings is 1. The molecule has 0 saturated heterocycles. The second kappa shape index (κ2) is 3.31. The largest absolute Gasteiger partial charge is 0.505 e. The van der Waals surface area contributed by atoms with Crippen LogP contribution in [0.5, 0.6) is 11.5 Å². The van der Waals surface area contributed by atoms with Crippen molar-refractivity contribution in [2.45, 2.75) is 31.2 Å². The number of rotatable bonds is 2. The molecule has 1 fully saturated rings. The summed E-state index contributed by atoms with van der Waals surface area (Å²) in [6.07, 6.45) is 1.11. The molecule has 4 N–H and O–H groups in total. The lowest BCUT2D eigenvalue weighted by atomic mass is 9.88. The summed E-state index contributed by atoms with van der Waals surface area (Å²) in [4.78, 5) is 0. The Morgan fingerprint density at radius 1 is 1.25 bits per heavy atom. The van der Waals surface area contributed by atoms with Crippen molar-refractivity contribution in [1.29, 1.82) is 0 Å². The number of nitrogens with two attached hydrogens (primary N) is 1. The summed E-state index contributed by atoms with van der Waals surface area (Å²) in [7, 11) is 0. The van der Waals surface area contributed by atoms with Crippen molar-refractivity contribution < 1.29 is 19.0 Å². The first-order valence-corrected chi connectivity index (χ1v) is 5.06. The van der Waals surface area contributed by atoms with Crippen LogP contribution in [0.1, 0.15) is 25.3 Å². The van der Waals surface area contributed by atoms with E-state index in [1.54, 1.807) is 6.92 Å². The molecule has 1 aromatic carbocycles. The zero-order chi connectivity index (χ0) is 12.1. The normalized spacial score (nSPS) is 19.5. The number of aromatic hydroxyl groups is 2. The molecular weight excluding hydrogens is 216 g/mol. The Kier molecular flexibility index (Phi) is 2.31. The van der Waals surface area contributed by atoms with Gasteiger partial charge in [-0.3, -0.25) is 0 Å². The lowest BCUT2D eigenvalue weighted by Crippen LogP contribution is -2.33. The van der Waals surface area contributed by atoms with Gasteiger partial charge >= 0.3 is 0 Å². The maximum Gasteiger partial charge on any atom is 0.171 e. The van der Waals surface area contributed by atoms with Gasteiger partial charge in [0.05, 0.1) is 0 Å². The van der Waals surface area contributed by atoms with E-state index >= 15 is 0 Å². The first-order chi connectivity index (χ1) is 7.40. The van der Waals surface area contributed by atoms with E-state index in [4.69, 9.17) is 5.73 Å². The fourth-order valence-electron chi connectivity index (χ4n) is 2.11. The van der Waals surface area contributed by atoms with Crippen LogP contribution in [0.2, 0.25) is 0 Å². The summed E-state index contributed by atoms with van der Waals surface area (Å²) in [6, 6.07) is 0.225. The molecule has 1 saturated carbocycles. The topological polar surface area (TPSA) is 66.5 Å². The van der Waals surface area contributed by atoms with Gasteiger partial charge in [0.15, 0.2) is 23.1 Å². The average molecular weight is 229 g/mol. The molecule has 2 rings (SSSR count). The number of halogens is 2. The Bertz CT molecular complexity index is 416. The van der Waals surface area contributed by atoms with Crippen molar-refractivity contribution in [2.75, 3.05) is 0 Å². The van der Waals surface area contributed by atoms with E-state index in [-0.39, 0.29) is 5.56 Å². The van der Waals surface area contributed by atoms with Crippen LogP contribution in [0.3, 0.4) is 0 Å². The predicted molar refractivity (Wildman–Crippen MR) is 54.2 cm³/mol. The van der Waals surface area contributed by atoms with Gasteiger partial charge in [0.25, 0.3) is 0 Å². The summed E-state index contributed by atoms with van der Waals surface area (Å²) < 4.78 is 27.4. The van der Waals surface area contributed by atoms with Gasteiger partial charge in [-0.15, -0.1) is 0 Å². The second-order valence-corrected chi connectivity index (χ2v) is 4.36. The van der Waals surface area contributed by atoms with Crippen LogP contribution in [0, 0.1) is 11.6 Å². The second-order valence-electron chi connectivity index (χ2n) is 4.36. The molecule has 0 amide bonds. The molecule has 0 aliphatic heterocycles. The zero-order valence-electron chi connectivity index (χ0n) is 8.80. The third kappa shape index (κ3) is 1.35. The highest BCUT2D eigenvalue weighted by Gasteiger charge is 2.51. The van der Waals surface area contributed by atoms with E-state index in [9.17, 15) is 19.0 Å². The third-order valence-electron chi connectivity index (χ3n) is 3.32. The van der Waals surface area contributed by atoms with Crippen molar-refractivity contribution in [3.8, 4) is 11.5 Å². The van der Waals surface area contributed by atoms with Crippen LogP contribution >= 0.6 is 0 Å². The summed E-state index contributed by atoms with van der Waals surface area (Å²) in [5.41, 5.74) is 4.63. The summed E-state index contributed by atoms with van der Waals surface area (Å²) in [5.74, 6) is -3.54. The molecule has 3 nitrogen and oxygen atoms in total. The molecular formula is C11H13F2NO2. The van der Waals surface area contributed by atoms with Gasteiger partial charge in [0.1, 0.15) is 0 Å². The van der Waals surface area contributed by atoms with Crippen molar-refractivity contribution in [3.63, 3.8) is 0 Å². The Labute approximate surface area is 91.5 Å². The van der Waals surface area contributed by atoms with Crippen LogP contribution in [0.4, 0.5) is 8.78 Å². The van der Waals surface area contributed by atoms with Gasteiger partial charge in [-0.2, -0.15) is 0 Å². The first kappa shape index (κ1) is 11.1. The van der Waals surface area contributed by atoms with Gasteiger partial charge in [0, 0.05) is 23.1 Å². The van der Waals surface area contributed by atoms with Crippen molar-refractivity contribution in [2.24, 2.45) is 5.73 Å². The number of hydrogen-bond acceptors (Lipinski definition) is 3. The Balaban J connectivity index is 2.65. The first-order valence-electron chi connectivity index (χ1n) is 5.06. The average Bonchev–Trinajstić information content (AvgIpc) is 2.97. The minimum Gasteiger partial charge on any atom is -0.505 e. The SMILES string of the molecule is CC(N)C1(c2c(F)c(O)cc(O)c2F)CC1. The molecule has 0 spiro atoms. The maximum absolute atomic E-state index is 13.7. The third-order valence-corrected chi connectivity index (χ3v) is 3.32. The maximum atomic E-state index is 13.7. The minimum absolute atomic E-state index is 0.292. The van der Waals surface area contributed by atoms with Crippen LogP contribution in [-0.4, -0.2) is 16.3 Å². The molecule has 1 aliphatic rings. The molecule has 1 atom stereocenters.